The van der Waals surface area contributed by atoms with E-state index < -0.39 is 0 Å². The molecular formula is C22H20Cl2N2OS. The number of benzene rings is 2. The summed E-state index contributed by atoms with van der Waals surface area (Å²) in [5.74, 6) is 0.0126. The largest absolute Gasteiger partial charge is 0.390 e. The predicted molar refractivity (Wildman–Crippen MR) is 119 cm³/mol. The SMILES string of the molecule is Nc1sc(-c2ccc(Cl)cc2)c(-c2ccc(Cl)cc2)c1C(=O)N1CCCCC1. The van der Waals surface area contributed by atoms with Crippen LogP contribution in [0.4, 0.5) is 5.00 Å². The van der Waals surface area contributed by atoms with Crippen LogP contribution in [0.5, 0.6) is 0 Å². The van der Waals surface area contributed by atoms with E-state index in [2.05, 4.69) is 0 Å². The van der Waals surface area contributed by atoms with Crippen molar-refractivity contribution in [1.82, 2.24) is 4.90 Å². The lowest BCUT2D eigenvalue weighted by Gasteiger charge is -2.27. The van der Waals surface area contributed by atoms with E-state index in [1.54, 1.807) is 0 Å². The number of nitrogens with zero attached hydrogens (tertiary/aromatic N) is 1. The summed E-state index contributed by atoms with van der Waals surface area (Å²) in [6.07, 6.45) is 3.25. The van der Waals surface area contributed by atoms with Crippen molar-refractivity contribution in [1.29, 1.82) is 0 Å². The Hall–Kier alpha value is -2.01. The Kier molecular flexibility index (Phi) is 5.63. The first-order chi connectivity index (χ1) is 13.5. The maximum Gasteiger partial charge on any atom is 0.257 e. The number of carbonyl (C=O) groups is 1. The summed E-state index contributed by atoms with van der Waals surface area (Å²) in [7, 11) is 0. The third-order valence-corrected chi connectivity index (χ3v) is 6.60. The van der Waals surface area contributed by atoms with Crippen LogP contribution in [0.1, 0.15) is 29.6 Å². The van der Waals surface area contributed by atoms with Crippen molar-refractivity contribution in [2.75, 3.05) is 18.8 Å². The molecule has 28 heavy (non-hydrogen) atoms. The van der Waals surface area contributed by atoms with E-state index in [1.807, 2.05) is 53.4 Å². The number of rotatable bonds is 3. The zero-order chi connectivity index (χ0) is 19.7. The first-order valence-corrected chi connectivity index (χ1v) is 10.9. The van der Waals surface area contributed by atoms with Crippen molar-refractivity contribution in [3.05, 3.63) is 64.1 Å². The fourth-order valence-electron chi connectivity index (χ4n) is 3.61. The standard InChI is InChI=1S/C22H20Cl2N2OS/c23-16-8-4-14(5-9-16)18-19(22(27)26-12-2-1-3-13-26)21(25)28-20(18)15-6-10-17(24)11-7-15/h4-11H,1-3,12-13,25H2. The van der Waals surface area contributed by atoms with Crippen molar-refractivity contribution in [2.24, 2.45) is 0 Å². The maximum atomic E-state index is 13.4. The number of thiophene rings is 1. The van der Waals surface area contributed by atoms with Gasteiger partial charge < -0.3 is 10.6 Å². The number of anilines is 1. The zero-order valence-electron chi connectivity index (χ0n) is 15.3. The molecule has 1 amide bonds. The van der Waals surface area contributed by atoms with Crippen LogP contribution in [0, 0.1) is 0 Å². The number of halogens is 2. The molecule has 0 bridgehead atoms. The fourth-order valence-corrected chi connectivity index (χ4v) is 4.95. The Bertz CT molecular complexity index is 991. The molecule has 1 aliphatic heterocycles. The van der Waals surface area contributed by atoms with E-state index in [0.717, 1.165) is 47.5 Å². The number of hydrogen-bond acceptors (Lipinski definition) is 3. The number of nitrogen functional groups attached to an aromatic ring is 1. The average Bonchev–Trinajstić information content (AvgIpc) is 3.06. The Morgan fingerprint density at radius 1 is 0.857 bits per heavy atom. The minimum absolute atomic E-state index is 0.0126. The van der Waals surface area contributed by atoms with Crippen LogP contribution in [0.25, 0.3) is 21.6 Å². The molecular weight excluding hydrogens is 411 g/mol. The molecule has 0 unspecified atom stereocenters. The third kappa shape index (κ3) is 3.77. The van der Waals surface area contributed by atoms with Crippen molar-refractivity contribution in [3.8, 4) is 21.6 Å². The van der Waals surface area contributed by atoms with Crippen LogP contribution < -0.4 is 5.73 Å². The predicted octanol–water partition coefficient (Wildman–Crippen LogP) is 6.60. The fraction of sp³-hybridized carbons (Fsp3) is 0.227. The highest BCUT2D eigenvalue weighted by Crippen LogP contribution is 2.45. The molecule has 0 radical (unpaired) electrons. The molecule has 0 aliphatic carbocycles. The second kappa shape index (κ2) is 8.16. The van der Waals surface area contributed by atoms with Gasteiger partial charge in [0.25, 0.3) is 5.91 Å². The summed E-state index contributed by atoms with van der Waals surface area (Å²) in [6, 6.07) is 15.2. The van der Waals surface area contributed by atoms with Crippen molar-refractivity contribution in [2.45, 2.75) is 19.3 Å². The zero-order valence-corrected chi connectivity index (χ0v) is 17.6. The van der Waals surface area contributed by atoms with Crippen molar-refractivity contribution < 1.29 is 4.79 Å². The molecule has 0 atom stereocenters. The molecule has 0 spiro atoms. The Morgan fingerprint density at radius 2 is 1.39 bits per heavy atom. The molecule has 1 fully saturated rings. The van der Waals surface area contributed by atoms with E-state index in [4.69, 9.17) is 28.9 Å². The van der Waals surface area contributed by atoms with Gasteiger partial charge in [-0.05, 0) is 54.7 Å². The molecule has 2 heterocycles. The Morgan fingerprint density at radius 3 is 1.96 bits per heavy atom. The molecule has 2 aromatic carbocycles. The van der Waals surface area contributed by atoms with Gasteiger partial charge in [-0.2, -0.15) is 0 Å². The van der Waals surface area contributed by atoms with Gasteiger partial charge in [0.2, 0.25) is 0 Å². The molecule has 1 aromatic heterocycles. The highest BCUT2D eigenvalue weighted by Gasteiger charge is 2.28. The van der Waals surface area contributed by atoms with Gasteiger partial charge in [-0.1, -0.05) is 47.5 Å². The van der Waals surface area contributed by atoms with Gasteiger partial charge in [0.1, 0.15) is 0 Å². The van der Waals surface area contributed by atoms with E-state index in [1.165, 1.54) is 17.8 Å². The maximum absolute atomic E-state index is 13.4. The molecule has 4 rings (SSSR count). The second-order valence-corrected chi connectivity index (χ2v) is 8.84. The molecule has 3 nitrogen and oxygen atoms in total. The lowest BCUT2D eigenvalue weighted by atomic mass is 9.97. The van der Waals surface area contributed by atoms with E-state index >= 15 is 0 Å². The minimum atomic E-state index is 0.0126. The lowest BCUT2D eigenvalue weighted by Crippen LogP contribution is -2.36. The van der Waals surface area contributed by atoms with Crippen LogP contribution in [-0.4, -0.2) is 23.9 Å². The second-order valence-electron chi connectivity index (χ2n) is 6.91. The molecule has 6 heteroatoms. The van der Waals surface area contributed by atoms with Gasteiger partial charge in [0, 0.05) is 33.6 Å². The summed E-state index contributed by atoms with van der Waals surface area (Å²) >= 11 is 13.6. The third-order valence-electron chi connectivity index (χ3n) is 5.03. The van der Waals surface area contributed by atoms with Gasteiger partial charge in [0.05, 0.1) is 10.6 Å². The first kappa shape index (κ1) is 19.3. The van der Waals surface area contributed by atoms with Gasteiger partial charge in [0.15, 0.2) is 0 Å². The molecule has 2 N–H and O–H groups in total. The Labute approximate surface area is 178 Å². The van der Waals surface area contributed by atoms with Gasteiger partial charge in [-0.3, -0.25) is 4.79 Å². The molecule has 3 aromatic rings. The van der Waals surface area contributed by atoms with E-state index in [9.17, 15) is 4.79 Å². The van der Waals surface area contributed by atoms with Crippen LogP contribution in [0.2, 0.25) is 10.0 Å². The minimum Gasteiger partial charge on any atom is -0.390 e. The number of piperidine rings is 1. The van der Waals surface area contributed by atoms with Crippen LogP contribution in [-0.2, 0) is 0 Å². The van der Waals surface area contributed by atoms with Crippen LogP contribution in [0.3, 0.4) is 0 Å². The number of nitrogens with two attached hydrogens (primary N) is 1. The molecule has 1 aliphatic rings. The summed E-state index contributed by atoms with van der Waals surface area (Å²) in [5.41, 5.74) is 9.79. The lowest BCUT2D eigenvalue weighted by molar-refractivity contribution is 0.0726. The monoisotopic (exact) mass is 430 g/mol. The smallest absolute Gasteiger partial charge is 0.257 e. The van der Waals surface area contributed by atoms with Crippen LogP contribution in [0.15, 0.2) is 48.5 Å². The van der Waals surface area contributed by atoms with Crippen molar-refractivity contribution >= 4 is 45.4 Å². The highest BCUT2D eigenvalue weighted by molar-refractivity contribution is 7.20. The van der Waals surface area contributed by atoms with E-state index in [0.29, 0.717) is 20.6 Å². The quantitative estimate of drug-likeness (QED) is 0.508. The number of amides is 1. The summed E-state index contributed by atoms with van der Waals surface area (Å²) in [6.45, 7) is 1.56. The number of likely N-dealkylation sites (tertiary alicyclic amines) is 1. The molecule has 1 saturated heterocycles. The van der Waals surface area contributed by atoms with Crippen molar-refractivity contribution in [3.63, 3.8) is 0 Å². The first-order valence-electron chi connectivity index (χ1n) is 9.28. The summed E-state index contributed by atoms with van der Waals surface area (Å²) < 4.78 is 0. The van der Waals surface area contributed by atoms with Crippen LogP contribution >= 0.6 is 34.5 Å². The highest BCUT2D eigenvalue weighted by atomic mass is 35.5. The average molecular weight is 431 g/mol. The Balaban J connectivity index is 1.88. The summed E-state index contributed by atoms with van der Waals surface area (Å²) in [5, 5.41) is 1.88. The number of carbonyl (C=O) groups excluding carboxylic acids is 1. The van der Waals surface area contributed by atoms with Gasteiger partial charge >= 0.3 is 0 Å². The molecule has 144 valence electrons. The van der Waals surface area contributed by atoms with Gasteiger partial charge in [-0.15, -0.1) is 11.3 Å². The van der Waals surface area contributed by atoms with E-state index in [-0.39, 0.29) is 5.91 Å². The number of hydrogen-bond donors (Lipinski definition) is 1. The summed E-state index contributed by atoms with van der Waals surface area (Å²) in [4.78, 5) is 16.3. The normalized spacial score (nSPS) is 14.3. The van der Waals surface area contributed by atoms with Gasteiger partial charge in [-0.25, -0.2) is 0 Å². The molecule has 0 saturated carbocycles. The topological polar surface area (TPSA) is 46.3 Å².